The molecule has 0 aliphatic carbocycles. The third kappa shape index (κ3) is 11.6. The molecule has 0 aliphatic heterocycles. The Bertz CT molecular complexity index is 1110. The zero-order valence-corrected chi connectivity index (χ0v) is 23.3. The van der Waals surface area contributed by atoms with Crippen LogP contribution in [0.25, 0.3) is 0 Å². The molecule has 0 aliphatic rings. The fraction of sp³-hybridized carbons (Fsp3) is 0.467. The van der Waals surface area contributed by atoms with Gasteiger partial charge in [-0.2, -0.15) is 0 Å². The number of amides is 2. The van der Waals surface area contributed by atoms with Crippen LogP contribution in [0.15, 0.2) is 48.5 Å². The first-order valence-corrected chi connectivity index (χ1v) is 13.5. The first kappa shape index (κ1) is 31.3. The monoisotopic (exact) mass is 539 g/mol. The highest BCUT2D eigenvalue weighted by molar-refractivity contribution is 6.35. The molecule has 0 spiro atoms. The minimum atomic E-state index is -1.47. The molecule has 0 saturated carbocycles. The standard InChI is InChI=1S/C30H41N3O6/c1-5-6-7-8-9-10-11-16-25(26(34)28(36)37)31-22-19-17-21(18-20-22)27(35)32-23-14-12-13-15-24(23)33-29(38)39-30(2,3)4/h12-15,17-20,25,31H,5-11,16H2,1-4H3,(H,32,35)(H,33,38)(H,36,37)/t25-/m0/s1. The summed E-state index contributed by atoms with van der Waals surface area (Å²) in [6.45, 7) is 7.44. The Kier molecular flexibility index (Phi) is 12.5. The van der Waals surface area contributed by atoms with Gasteiger partial charge < -0.3 is 20.5 Å². The van der Waals surface area contributed by atoms with Crippen LogP contribution < -0.4 is 16.0 Å². The molecule has 0 saturated heterocycles. The normalized spacial score (nSPS) is 11.8. The number of carbonyl (C=O) groups is 4. The van der Waals surface area contributed by atoms with Crippen LogP contribution in [0.1, 0.15) is 89.4 Å². The van der Waals surface area contributed by atoms with Crippen LogP contribution in [-0.4, -0.2) is 40.5 Å². The first-order valence-electron chi connectivity index (χ1n) is 13.5. The topological polar surface area (TPSA) is 134 Å². The van der Waals surface area contributed by atoms with Crippen molar-refractivity contribution in [2.45, 2.75) is 90.7 Å². The van der Waals surface area contributed by atoms with E-state index in [1.165, 1.54) is 19.3 Å². The quantitative estimate of drug-likeness (QED) is 0.143. The van der Waals surface area contributed by atoms with Gasteiger partial charge in [0.05, 0.1) is 17.4 Å². The van der Waals surface area contributed by atoms with Crippen LogP contribution in [0.2, 0.25) is 0 Å². The van der Waals surface area contributed by atoms with Crippen molar-refractivity contribution in [3.05, 3.63) is 54.1 Å². The van der Waals surface area contributed by atoms with Crippen LogP contribution in [0.3, 0.4) is 0 Å². The van der Waals surface area contributed by atoms with E-state index in [0.29, 0.717) is 29.0 Å². The molecule has 0 aromatic heterocycles. The van der Waals surface area contributed by atoms with Gasteiger partial charge in [0.1, 0.15) is 5.60 Å². The van der Waals surface area contributed by atoms with Gasteiger partial charge in [0, 0.05) is 11.3 Å². The molecule has 39 heavy (non-hydrogen) atoms. The second-order valence-electron chi connectivity index (χ2n) is 10.5. The van der Waals surface area contributed by atoms with Crippen molar-refractivity contribution in [1.82, 2.24) is 0 Å². The summed E-state index contributed by atoms with van der Waals surface area (Å²) < 4.78 is 5.28. The second kappa shape index (κ2) is 15.5. The molecule has 2 aromatic carbocycles. The Morgan fingerprint density at radius 3 is 1.95 bits per heavy atom. The maximum Gasteiger partial charge on any atom is 0.412 e. The number of hydrogen-bond acceptors (Lipinski definition) is 6. The van der Waals surface area contributed by atoms with E-state index < -0.39 is 35.4 Å². The summed E-state index contributed by atoms with van der Waals surface area (Å²) in [4.78, 5) is 48.6. The van der Waals surface area contributed by atoms with Crippen LogP contribution in [-0.2, 0) is 14.3 Å². The van der Waals surface area contributed by atoms with Crippen LogP contribution in [0.5, 0.6) is 0 Å². The number of carboxylic acids is 1. The van der Waals surface area contributed by atoms with E-state index in [9.17, 15) is 24.3 Å². The van der Waals surface area contributed by atoms with E-state index in [1.807, 2.05) is 0 Å². The second-order valence-corrected chi connectivity index (χ2v) is 10.5. The third-order valence-electron chi connectivity index (χ3n) is 5.92. The molecule has 2 amide bonds. The fourth-order valence-electron chi connectivity index (χ4n) is 3.95. The molecule has 0 unspecified atom stereocenters. The highest BCUT2D eigenvalue weighted by atomic mass is 16.6. The number of ether oxygens (including phenoxy) is 1. The minimum Gasteiger partial charge on any atom is -0.475 e. The summed E-state index contributed by atoms with van der Waals surface area (Å²) in [5.74, 6) is -2.75. The molecular formula is C30H41N3O6. The smallest absolute Gasteiger partial charge is 0.412 e. The largest absolute Gasteiger partial charge is 0.475 e. The number of carboxylic acid groups (broad SMARTS) is 1. The lowest BCUT2D eigenvalue weighted by Gasteiger charge is -2.20. The van der Waals surface area contributed by atoms with Gasteiger partial charge in [0.15, 0.2) is 0 Å². The van der Waals surface area contributed by atoms with Gasteiger partial charge in [-0.3, -0.25) is 14.9 Å². The number of aliphatic carboxylic acids is 1. The summed E-state index contributed by atoms with van der Waals surface area (Å²) in [6, 6.07) is 12.3. The number of para-hydroxylation sites is 2. The van der Waals surface area contributed by atoms with Gasteiger partial charge in [-0.05, 0) is 63.6 Å². The lowest BCUT2D eigenvalue weighted by Crippen LogP contribution is -2.35. The molecule has 0 radical (unpaired) electrons. The maximum absolute atomic E-state index is 12.9. The molecule has 0 heterocycles. The summed E-state index contributed by atoms with van der Waals surface area (Å²) in [6.07, 6.45) is 7.27. The van der Waals surface area contributed by atoms with Gasteiger partial charge in [0.2, 0.25) is 0 Å². The first-order chi connectivity index (χ1) is 18.5. The number of Topliss-reactive ketones (excluding diaryl/α,β-unsaturated/α-hetero) is 1. The zero-order chi connectivity index (χ0) is 28.8. The van der Waals surface area contributed by atoms with E-state index in [-0.39, 0.29) is 0 Å². The lowest BCUT2D eigenvalue weighted by molar-refractivity contribution is -0.149. The summed E-state index contributed by atoms with van der Waals surface area (Å²) >= 11 is 0. The summed E-state index contributed by atoms with van der Waals surface area (Å²) in [5.41, 5.74) is 1.01. The number of ketones is 1. The van der Waals surface area contributed by atoms with Crippen molar-refractivity contribution in [2.75, 3.05) is 16.0 Å². The van der Waals surface area contributed by atoms with Gasteiger partial charge in [-0.25, -0.2) is 9.59 Å². The molecule has 0 bridgehead atoms. The van der Waals surface area contributed by atoms with E-state index in [2.05, 4.69) is 22.9 Å². The Balaban J connectivity index is 1.99. The Labute approximate surface area is 230 Å². The van der Waals surface area contributed by atoms with Crippen molar-refractivity contribution in [3.8, 4) is 0 Å². The van der Waals surface area contributed by atoms with Crippen LogP contribution in [0, 0.1) is 0 Å². The molecule has 9 heteroatoms. The molecule has 212 valence electrons. The van der Waals surface area contributed by atoms with Gasteiger partial charge >= 0.3 is 12.1 Å². The SMILES string of the molecule is CCCCCCCCC[C@H](Nc1ccc(C(=O)Nc2ccccc2NC(=O)OC(C)(C)C)cc1)C(=O)C(=O)O. The zero-order valence-electron chi connectivity index (χ0n) is 23.3. The molecular weight excluding hydrogens is 498 g/mol. The van der Waals surface area contributed by atoms with Crippen molar-refractivity contribution in [1.29, 1.82) is 0 Å². The predicted molar refractivity (Wildman–Crippen MR) is 153 cm³/mol. The van der Waals surface area contributed by atoms with E-state index in [4.69, 9.17) is 4.74 Å². The van der Waals surface area contributed by atoms with E-state index in [1.54, 1.807) is 69.3 Å². The number of anilines is 3. The number of benzene rings is 2. The van der Waals surface area contributed by atoms with Crippen molar-refractivity contribution in [3.63, 3.8) is 0 Å². The molecule has 2 aromatic rings. The molecule has 9 nitrogen and oxygen atoms in total. The predicted octanol–water partition coefficient (Wildman–Crippen LogP) is 6.86. The Morgan fingerprint density at radius 1 is 0.821 bits per heavy atom. The average molecular weight is 540 g/mol. The minimum absolute atomic E-state index is 0.348. The van der Waals surface area contributed by atoms with Crippen LogP contribution in [0.4, 0.5) is 21.9 Å². The van der Waals surface area contributed by atoms with Gasteiger partial charge in [-0.1, -0.05) is 64.0 Å². The third-order valence-corrected chi connectivity index (χ3v) is 5.92. The summed E-state index contributed by atoms with van der Waals surface area (Å²) in [7, 11) is 0. The van der Waals surface area contributed by atoms with Gasteiger partial charge in [-0.15, -0.1) is 0 Å². The van der Waals surface area contributed by atoms with Crippen molar-refractivity contribution in [2.24, 2.45) is 0 Å². The molecule has 0 fully saturated rings. The molecule has 4 N–H and O–H groups in total. The number of carbonyl (C=O) groups excluding carboxylic acids is 3. The fourth-order valence-corrected chi connectivity index (χ4v) is 3.95. The number of hydrogen-bond donors (Lipinski definition) is 4. The Morgan fingerprint density at radius 2 is 1.38 bits per heavy atom. The Hall–Kier alpha value is -3.88. The number of nitrogens with one attached hydrogen (secondary N) is 3. The average Bonchev–Trinajstić information content (AvgIpc) is 2.87. The number of rotatable bonds is 15. The van der Waals surface area contributed by atoms with Gasteiger partial charge in [0.25, 0.3) is 11.7 Å². The highest BCUT2D eigenvalue weighted by Gasteiger charge is 2.24. The molecule has 1 atom stereocenters. The van der Waals surface area contributed by atoms with E-state index in [0.717, 1.165) is 25.7 Å². The number of unbranched alkanes of at least 4 members (excludes halogenated alkanes) is 6. The van der Waals surface area contributed by atoms with Crippen LogP contribution >= 0.6 is 0 Å². The lowest BCUT2D eigenvalue weighted by atomic mass is 10.0. The van der Waals surface area contributed by atoms with E-state index >= 15 is 0 Å². The van der Waals surface area contributed by atoms with Crippen molar-refractivity contribution < 1.29 is 29.0 Å². The highest BCUT2D eigenvalue weighted by Crippen LogP contribution is 2.23. The maximum atomic E-state index is 12.9. The summed E-state index contributed by atoms with van der Waals surface area (Å²) in [5, 5.41) is 17.7. The van der Waals surface area contributed by atoms with Crippen molar-refractivity contribution >= 4 is 40.8 Å². The molecule has 2 rings (SSSR count).